The van der Waals surface area contributed by atoms with Gasteiger partial charge >= 0.3 is 5.97 Å². The van der Waals surface area contributed by atoms with Gasteiger partial charge in [-0.05, 0) is 59.0 Å². The summed E-state index contributed by atoms with van der Waals surface area (Å²) < 4.78 is 43.1. The van der Waals surface area contributed by atoms with Crippen LogP contribution in [0, 0.1) is 5.92 Å². The number of rotatable bonds is 10. The van der Waals surface area contributed by atoms with Gasteiger partial charge in [-0.25, -0.2) is 13.2 Å². The summed E-state index contributed by atoms with van der Waals surface area (Å²) >= 11 is 0. The third-order valence-electron chi connectivity index (χ3n) is 7.43. The second-order valence-corrected chi connectivity index (χ2v) is 12.7. The summed E-state index contributed by atoms with van der Waals surface area (Å²) in [5.74, 6) is -1.41. The summed E-state index contributed by atoms with van der Waals surface area (Å²) in [5.41, 5.74) is 9.72. The smallest absolute Gasteiger partial charge is 0.342 e. The van der Waals surface area contributed by atoms with E-state index in [9.17, 15) is 18.0 Å². The van der Waals surface area contributed by atoms with E-state index in [-0.39, 0.29) is 10.7 Å². The zero-order valence-electron chi connectivity index (χ0n) is 24.4. The largest absolute Gasteiger partial charge is 0.488 e. The number of fused-ring (bicyclic) bond motifs is 1. The summed E-state index contributed by atoms with van der Waals surface area (Å²) in [4.78, 5) is 23.1. The molecule has 0 bridgehead atoms. The summed E-state index contributed by atoms with van der Waals surface area (Å²) in [5, 5.41) is 3.53. The lowest BCUT2D eigenvalue weighted by Crippen LogP contribution is -2.59. The molecule has 0 unspecified atom stereocenters. The van der Waals surface area contributed by atoms with Crippen molar-refractivity contribution in [3.05, 3.63) is 114 Å². The number of nitrogens with two attached hydrogens (primary N) is 1. The number of esters is 1. The zero-order chi connectivity index (χ0) is 31.5. The van der Waals surface area contributed by atoms with Crippen molar-refractivity contribution < 1.29 is 31.9 Å². The molecule has 0 fully saturated rings. The van der Waals surface area contributed by atoms with Crippen LogP contribution in [0.2, 0.25) is 0 Å². The molecule has 10 heteroatoms. The average molecular weight is 613 g/mol. The third-order valence-corrected chi connectivity index (χ3v) is 9.85. The number of furan rings is 1. The Bertz CT molecular complexity index is 1900. The van der Waals surface area contributed by atoms with Gasteiger partial charge in [-0.2, -0.15) is 0 Å². The van der Waals surface area contributed by atoms with E-state index in [1.165, 1.54) is 12.1 Å². The van der Waals surface area contributed by atoms with Crippen molar-refractivity contribution in [2.75, 3.05) is 12.4 Å². The van der Waals surface area contributed by atoms with Crippen LogP contribution in [-0.4, -0.2) is 32.3 Å². The second-order valence-electron chi connectivity index (χ2n) is 10.6. The molecule has 4 aromatic carbocycles. The minimum absolute atomic E-state index is 0.0915. The van der Waals surface area contributed by atoms with E-state index < -0.39 is 32.5 Å². The molecule has 5 rings (SSSR count). The van der Waals surface area contributed by atoms with Gasteiger partial charge < -0.3 is 24.9 Å². The summed E-state index contributed by atoms with van der Waals surface area (Å²) in [6.45, 7) is 3.49. The van der Waals surface area contributed by atoms with Gasteiger partial charge in [0, 0.05) is 11.8 Å². The van der Waals surface area contributed by atoms with E-state index in [1.54, 1.807) is 62.4 Å². The molecule has 0 saturated heterocycles. The van der Waals surface area contributed by atoms with E-state index >= 15 is 0 Å². The third kappa shape index (κ3) is 5.82. The monoisotopic (exact) mass is 612 g/mol. The van der Waals surface area contributed by atoms with Gasteiger partial charge in [-0.15, -0.1) is 0 Å². The van der Waals surface area contributed by atoms with Crippen LogP contribution in [0.25, 0.3) is 22.1 Å². The minimum Gasteiger partial charge on any atom is -0.488 e. The summed E-state index contributed by atoms with van der Waals surface area (Å²) in [6.07, 6.45) is 0. The molecule has 0 aliphatic heterocycles. The van der Waals surface area contributed by atoms with Crippen molar-refractivity contribution >= 4 is 38.4 Å². The predicted molar refractivity (Wildman–Crippen MR) is 168 cm³/mol. The fraction of sp³-hybridized carbons (Fsp3) is 0.176. The molecule has 1 atom stereocenters. The Hall–Kier alpha value is -4.93. The Morgan fingerprint density at radius 1 is 0.886 bits per heavy atom. The standard InChI is InChI=1S/C34H32N2O7S/c1-22(2)34(35,33(38)41-3)44(39,40)27-18-14-25(15-19-27)24-12-16-26(17-13-24)36-32(37)31-20-28-29(10-7-11-30(28)43-31)42-21-23-8-5-4-6-9-23/h4-20,22H,21,35H2,1-3H3,(H,36,37)/t34-/m1/s1. The molecule has 1 aromatic heterocycles. The van der Waals surface area contributed by atoms with Crippen LogP contribution >= 0.6 is 0 Å². The molecule has 1 amide bonds. The Morgan fingerprint density at radius 3 is 2.14 bits per heavy atom. The van der Waals surface area contributed by atoms with Gasteiger partial charge in [0.15, 0.2) is 5.76 Å². The minimum atomic E-state index is -4.25. The number of amides is 1. The van der Waals surface area contributed by atoms with Crippen molar-refractivity contribution in [2.45, 2.75) is 30.2 Å². The molecule has 3 N–H and O–H groups in total. The first-order chi connectivity index (χ1) is 21.0. The normalized spacial score (nSPS) is 12.9. The number of carbonyl (C=O) groups excluding carboxylic acids is 2. The number of anilines is 1. The lowest BCUT2D eigenvalue weighted by Gasteiger charge is -2.30. The zero-order valence-corrected chi connectivity index (χ0v) is 25.3. The van der Waals surface area contributed by atoms with Crippen molar-refractivity contribution in [2.24, 2.45) is 11.7 Å². The van der Waals surface area contributed by atoms with Crippen LogP contribution in [0.4, 0.5) is 5.69 Å². The maximum absolute atomic E-state index is 13.3. The van der Waals surface area contributed by atoms with Gasteiger partial charge in [0.25, 0.3) is 5.91 Å². The maximum atomic E-state index is 13.3. The number of hydrogen-bond donors (Lipinski definition) is 2. The lowest BCUT2D eigenvalue weighted by atomic mass is 10.1. The summed E-state index contributed by atoms with van der Waals surface area (Å²) in [6, 6.07) is 30.0. The number of ether oxygens (including phenoxy) is 2. The maximum Gasteiger partial charge on any atom is 0.342 e. The summed E-state index contributed by atoms with van der Waals surface area (Å²) in [7, 11) is -3.14. The highest BCUT2D eigenvalue weighted by atomic mass is 32.2. The van der Waals surface area contributed by atoms with Crippen LogP contribution in [0.1, 0.15) is 30.0 Å². The van der Waals surface area contributed by atoms with Gasteiger partial charge in [-0.3, -0.25) is 4.79 Å². The topological polar surface area (TPSA) is 138 Å². The van der Waals surface area contributed by atoms with E-state index in [0.717, 1.165) is 23.8 Å². The van der Waals surface area contributed by atoms with Gasteiger partial charge in [0.05, 0.1) is 17.4 Å². The van der Waals surface area contributed by atoms with E-state index in [0.29, 0.717) is 29.0 Å². The number of methoxy groups -OCH3 is 1. The quantitative estimate of drug-likeness (QED) is 0.178. The van der Waals surface area contributed by atoms with Gasteiger partial charge in [0.1, 0.15) is 17.9 Å². The first kappa shape index (κ1) is 30.5. The Morgan fingerprint density at radius 2 is 1.52 bits per heavy atom. The fourth-order valence-corrected chi connectivity index (χ4v) is 6.59. The number of benzene rings is 4. The molecular weight excluding hydrogens is 580 g/mol. The van der Waals surface area contributed by atoms with Crippen molar-refractivity contribution in [1.82, 2.24) is 0 Å². The number of nitrogens with one attached hydrogen (secondary N) is 1. The molecule has 44 heavy (non-hydrogen) atoms. The molecule has 1 heterocycles. The highest BCUT2D eigenvalue weighted by Crippen LogP contribution is 2.32. The van der Waals surface area contributed by atoms with E-state index in [1.807, 2.05) is 42.5 Å². The molecule has 0 saturated carbocycles. The first-order valence-electron chi connectivity index (χ1n) is 13.9. The molecular formula is C34H32N2O7S. The molecule has 0 aliphatic rings. The number of carbonyl (C=O) groups is 2. The van der Waals surface area contributed by atoms with Crippen LogP contribution < -0.4 is 15.8 Å². The second kappa shape index (κ2) is 12.4. The molecule has 5 aromatic rings. The molecule has 0 spiro atoms. The molecule has 0 aliphatic carbocycles. The highest BCUT2D eigenvalue weighted by molar-refractivity contribution is 7.93. The van der Waals surface area contributed by atoms with Gasteiger partial charge in [0.2, 0.25) is 14.7 Å². The fourth-order valence-electron chi connectivity index (χ4n) is 4.78. The first-order valence-corrected chi connectivity index (χ1v) is 15.4. The van der Waals surface area contributed by atoms with Crippen LogP contribution in [0.3, 0.4) is 0 Å². The number of sulfone groups is 1. The Kier molecular flexibility index (Phi) is 8.57. The van der Waals surface area contributed by atoms with Crippen molar-refractivity contribution in [1.29, 1.82) is 0 Å². The van der Waals surface area contributed by atoms with Crippen molar-refractivity contribution in [3.8, 4) is 16.9 Å². The molecule has 9 nitrogen and oxygen atoms in total. The van der Waals surface area contributed by atoms with Gasteiger partial charge in [-0.1, -0.05) is 74.5 Å². The SMILES string of the molecule is COC(=O)[C@@](N)(C(C)C)S(=O)(=O)c1ccc(-c2ccc(NC(=O)c3cc4c(OCc5ccccc5)cccc4o3)cc2)cc1. The molecule has 226 valence electrons. The van der Waals surface area contributed by atoms with Crippen LogP contribution in [-0.2, 0) is 26.0 Å². The highest BCUT2D eigenvalue weighted by Gasteiger charge is 2.51. The lowest BCUT2D eigenvalue weighted by molar-refractivity contribution is -0.145. The van der Waals surface area contributed by atoms with Crippen LogP contribution in [0.5, 0.6) is 5.75 Å². The average Bonchev–Trinajstić information content (AvgIpc) is 3.49. The predicted octanol–water partition coefficient (Wildman–Crippen LogP) is 6.19. The van der Waals surface area contributed by atoms with E-state index in [4.69, 9.17) is 19.6 Å². The van der Waals surface area contributed by atoms with Crippen molar-refractivity contribution in [3.63, 3.8) is 0 Å². The van der Waals surface area contributed by atoms with E-state index in [2.05, 4.69) is 5.32 Å². The Labute approximate surface area is 255 Å². The number of hydrogen-bond acceptors (Lipinski definition) is 8. The van der Waals surface area contributed by atoms with Crippen LogP contribution in [0.15, 0.2) is 112 Å². The molecule has 0 radical (unpaired) electrons. The Balaban J connectivity index is 1.28.